The number of hydrogen-bond donors (Lipinski definition) is 0. The Balaban J connectivity index is 0.00000132. The summed E-state index contributed by atoms with van der Waals surface area (Å²) in [7, 11) is 0. The molecule has 0 aromatic heterocycles. The number of rotatable bonds is 4. The zero-order chi connectivity index (χ0) is 14.3. The molecule has 0 N–H and O–H groups in total. The van der Waals surface area contributed by atoms with Crippen LogP contribution in [0.25, 0.3) is 0 Å². The van der Waals surface area contributed by atoms with Crippen molar-refractivity contribution in [3.05, 3.63) is 90.5 Å². The molecule has 0 bridgehead atoms. The van der Waals surface area contributed by atoms with Crippen molar-refractivity contribution >= 4 is 23.7 Å². The van der Waals surface area contributed by atoms with Crippen LogP contribution in [-0.2, 0) is 20.4 Å². The molecule has 23 heavy (non-hydrogen) atoms. The van der Waals surface area contributed by atoms with Gasteiger partial charge in [0, 0.05) is 42.0 Å². The Bertz CT molecular complexity index is 733. The van der Waals surface area contributed by atoms with Gasteiger partial charge in [-0.1, -0.05) is 66.4 Å². The summed E-state index contributed by atoms with van der Waals surface area (Å²) in [6.45, 7) is 0. The maximum atomic E-state index is 4.60. The van der Waals surface area contributed by atoms with E-state index >= 15 is 0 Å². The van der Waals surface area contributed by atoms with Gasteiger partial charge in [-0.25, -0.2) is 0 Å². The van der Waals surface area contributed by atoms with Crippen LogP contribution in [0.2, 0.25) is 0 Å². The quantitative estimate of drug-likeness (QED) is 0.458. The van der Waals surface area contributed by atoms with Crippen molar-refractivity contribution in [3.8, 4) is 0 Å². The number of nitrogens with zero attached hydrogens (tertiary/aromatic N) is 1. The van der Waals surface area contributed by atoms with E-state index in [0.717, 1.165) is 16.1 Å². The van der Waals surface area contributed by atoms with Gasteiger partial charge in [0.2, 0.25) is 0 Å². The first-order valence-electron chi connectivity index (χ1n) is 6.74. The molecular weight excluding hydrogens is 416 g/mol. The molecular formula is C19H14ClNPdS-. The van der Waals surface area contributed by atoms with E-state index < -0.39 is 0 Å². The van der Waals surface area contributed by atoms with Gasteiger partial charge < -0.3 is 12.4 Å². The largest absolute Gasteiger partial charge is 1.00 e. The topological polar surface area (TPSA) is 12.4 Å². The van der Waals surface area contributed by atoms with E-state index in [1.54, 1.807) is 11.8 Å². The minimum Gasteiger partial charge on any atom is -1.00 e. The van der Waals surface area contributed by atoms with Crippen molar-refractivity contribution in [1.82, 2.24) is 0 Å². The molecule has 3 rings (SSSR count). The Morgan fingerprint density at radius 1 is 0.826 bits per heavy atom. The van der Waals surface area contributed by atoms with Crippen LogP contribution in [0.15, 0.2) is 93.6 Å². The van der Waals surface area contributed by atoms with Crippen LogP contribution in [0, 0.1) is 6.07 Å². The van der Waals surface area contributed by atoms with Crippen LogP contribution in [0.1, 0.15) is 5.56 Å². The summed E-state index contributed by atoms with van der Waals surface area (Å²) in [6, 6.07) is 29.5. The molecule has 0 heterocycles. The average molecular weight is 430 g/mol. The van der Waals surface area contributed by atoms with Crippen LogP contribution in [0.3, 0.4) is 0 Å². The van der Waals surface area contributed by atoms with E-state index in [1.807, 2.05) is 66.9 Å². The van der Waals surface area contributed by atoms with E-state index in [-0.39, 0.29) is 32.8 Å². The van der Waals surface area contributed by atoms with Crippen LogP contribution >= 0.6 is 11.8 Å². The molecule has 0 unspecified atom stereocenters. The third-order valence-electron chi connectivity index (χ3n) is 2.91. The molecule has 3 aromatic rings. The summed E-state index contributed by atoms with van der Waals surface area (Å²) >= 11 is 1.73. The van der Waals surface area contributed by atoms with E-state index in [2.05, 4.69) is 29.3 Å². The number of para-hydroxylation sites is 1. The van der Waals surface area contributed by atoms with Crippen molar-refractivity contribution < 1.29 is 32.8 Å². The minimum atomic E-state index is 0. The van der Waals surface area contributed by atoms with Crippen molar-refractivity contribution in [2.45, 2.75) is 9.79 Å². The molecule has 1 radical (unpaired) electrons. The second kappa shape index (κ2) is 10.4. The zero-order valence-electron chi connectivity index (χ0n) is 12.1. The Morgan fingerprint density at radius 3 is 2.26 bits per heavy atom. The van der Waals surface area contributed by atoms with E-state index in [4.69, 9.17) is 0 Å². The van der Waals surface area contributed by atoms with Gasteiger partial charge >= 0.3 is 0 Å². The van der Waals surface area contributed by atoms with Crippen LogP contribution in [0.4, 0.5) is 5.69 Å². The SMILES string of the molecule is [Cl-].[Pd].[c]1ccccc1C=Nc1ccccc1Sc1ccccc1. The summed E-state index contributed by atoms with van der Waals surface area (Å²) in [5.41, 5.74) is 1.96. The van der Waals surface area contributed by atoms with Crippen molar-refractivity contribution in [2.75, 3.05) is 0 Å². The monoisotopic (exact) mass is 429 g/mol. The first-order chi connectivity index (χ1) is 10.4. The molecule has 3 aromatic carbocycles. The Hall–Kier alpha value is -1.37. The van der Waals surface area contributed by atoms with Crippen molar-refractivity contribution in [3.63, 3.8) is 0 Å². The molecule has 0 aliphatic rings. The fraction of sp³-hybridized carbons (Fsp3) is 0. The maximum Gasteiger partial charge on any atom is 0.0769 e. The van der Waals surface area contributed by atoms with Gasteiger partial charge in [-0.15, -0.1) is 0 Å². The Morgan fingerprint density at radius 2 is 1.52 bits per heavy atom. The number of halogens is 1. The normalized spacial score (nSPS) is 9.91. The second-order valence-corrected chi connectivity index (χ2v) is 5.57. The smallest absolute Gasteiger partial charge is 0.0769 e. The first-order valence-corrected chi connectivity index (χ1v) is 7.56. The van der Waals surface area contributed by atoms with Crippen LogP contribution < -0.4 is 12.4 Å². The second-order valence-electron chi connectivity index (χ2n) is 4.46. The fourth-order valence-corrected chi connectivity index (χ4v) is 2.81. The van der Waals surface area contributed by atoms with E-state index in [9.17, 15) is 0 Å². The maximum absolute atomic E-state index is 4.60. The molecule has 0 amide bonds. The molecule has 0 saturated heterocycles. The molecule has 4 heteroatoms. The zero-order valence-corrected chi connectivity index (χ0v) is 15.3. The summed E-state index contributed by atoms with van der Waals surface area (Å²) in [5.74, 6) is 0. The summed E-state index contributed by atoms with van der Waals surface area (Å²) in [4.78, 5) is 6.96. The average Bonchev–Trinajstić information content (AvgIpc) is 2.56. The molecule has 0 spiro atoms. The standard InChI is InChI=1S/C19H14NS.ClH.Pd/c1-3-9-16(10-4-1)15-20-18-13-7-8-14-19(18)21-17-11-5-2-6-12-17;;/h1-9,11-15H;1H;/p-1. The summed E-state index contributed by atoms with van der Waals surface area (Å²) < 4.78 is 0. The van der Waals surface area contributed by atoms with E-state index in [1.165, 1.54) is 4.90 Å². The van der Waals surface area contributed by atoms with Gasteiger partial charge in [-0.2, -0.15) is 0 Å². The van der Waals surface area contributed by atoms with Crippen LogP contribution in [-0.4, -0.2) is 6.21 Å². The molecule has 119 valence electrons. The molecule has 0 aliphatic heterocycles. The minimum absolute atomic E-state index is 0. The fourth-order valence-electron chi connectivity index (χ4n) is 1.89. The van der Waals surface area contributed by atoms with Gasteiger partial charge in [0.05, 0.1) is 5.69 Å². The van der Waals surface area contributed by atoms with E-state index in [0.29, 0.717) is 0 Å². The van der Waals surface area contributed by atoms with Gasteiger partial charge in [0.25, 0.3) is 0 Å². The van der Waals surface area contributed by atoms with Gasteiger partial charge in [0.15, 0.2) is 0 Å². The number of benzene rings is 3. The summed E-state index contributed by atoms with van der Waals surface area (Å²) in [5, 5.41) is 0. The van der Waals surface area contributed by atoms with Gasteiger partial charge in [-0.3, -0.25) is 4.99 Å². The third-order valence-corrected chi connectivity index (χ3v) is 3.99. The predicted molar refractivity (Wildman–Crippen MR) is 89.5 cm³/mol. The summed E-state index contributed by atoms with van der Waals surface area (Å²) in [6.07, 6.45) is 1.85. The number of hydrogen-bond acceptors (Lipinski definition) is 2. The molecule has 0 fully saturated rings. The Labute approximate surface area is 161 Å². The third kappa shape index (κ3) is 5.97. The molecule has 0 aliphatic carbocycles. The first kappa shape index (κ1) is 19.7. The molecule has 0 saturated carbocycles. The predicted octanol–water partition coefficient (Wildman–Crippen LogP) is 2.39. The van der Waals surface area contributed by atoms with Crippen molar-refractivity contribution in [2.24, 2.45) is 4.99 Å². The van der Waals surface area contributed by atoms with Gasteiger partial charge in [0.1, 0.15) is 0 Å². The molecule has 0 atom stereocenters. The van der Waals surface area contributed by atoms with Gasteiger partial charge in [-0.05, 0) is 30.3 Å². The van der Waals surface area contributed by atoms with Crippen LogP contribution in [0.5, 0.6) is 0 Å². The Kier molecular flexibility index (Phi) is 8.91. The molecule has 1 nitrogen and oxygen atoms in total. The van der Waals surface area contributed by atoms with Crippen molar-refractivity contribution in [1.29, 1.82) is 0 Å². The number of aliphatic imine (C=N–C) groups is 1.